The summed E-state index contributed by atoms with van der Waals surface area (Å²) in [5, 5.41) is 2.74. The van der Waals surface area contributed by atoms with Crippen molar-refractivity contribution in [2.75, 3.05) is 19.6 Å². The smallest absolute Gasteiger partial charge is 0.338 e. The average molecular weight is 475 g/mol. The molecule has 2 aromatic carbocycles. The van der Waals surface area contributed by atoms with Crippen LogP contribution in [0.4, 0.5) is 0 Å². The van der Waals surface area contributed by atoms with Gasteiger partial charge < -0.3 is 14.8 Å². The normalized spacial score (nSPS) is 20.1. The fourth-order valence-electron chi connectivity index (χ4n) is 3.66. The lowest BCUT2D eigenvalue weighted by molar-refractivity contribution is -0.129. The minimum absolute atomic E-state index is 0.00165. The van der Waals surface area contributed by atoms with Crippen LogP contribution in [-0.2, 0) is 30.7 Å². The zero-order valence-corrected chi connectivity index (χ0v) is 19.9. The zero-order chi connectivity index (χ0) is 24.0. The largest absolute Gasteiger partial charge is 0.449 e. The molecule has 33 heavy (non-hydrogen) atoms. The van der Waals surface area contributed by atoms with E-state index < -0.39 is 28.0 Å². The number of morpholine rings is 1. The monoisotopic (exact) mass is 474 g/mol. The van der Waals surface area contributed by atoms with Gasteiger partial charge in [-0.3, -0.25) is 4.79 Å². The first kappa shape index (κ1) is 24.9. The maximum absolute atomic E-state index is 13.1. The summed E-state index contributed by atoms with van der Waals surface area (Å²) in [5.74, 6) is -1.18. The Labute approximate surface area is 194 Å². The summed E-state index contributed by atoms with van der Waals surface area (Å²) in [6, 6.07) is 15.4. The maximum Gasteiger partial charge on any atom is 0.338 e. The van der Waals surface area contributed by atoms with E-state index >= 15 is 0 Å². The van der Waals surface area contributed by atoms with Gasteiger partial charge in [-0.15, -0.1) is 0 Å². The van der Waals surface area contributed by atoms with Crippen LogP contribution in [0.3, 0.4) is 0 Å². The Balaban J connectivity index is 1.60. The molecule has 2 aromatic rings. The van der Waals surface area contributed by atoms with Crippen molar-refractivity contribution in [1.29, 1.82) is 0 Å². The summed E-state index contributed by atoms with van der Waals surface area (Å²) < 4.78 is 38.4. The van der Waals surface area contributed by atoms with Crippen molar-refractivity contribution in [2.24, 2.45) is 0 Å². The molecule has 0 saturated carbocycles. The van der Waals surface area contributed by atoms with Crippen LogP contribution < -0.4 is 5.32 Å². The van der Waals surface area contributed by atoms with E-state index in [9.17, 15) is 18.0 Å². The van der Waals surface area contributed by atoms with Gasteiger partial charge in [0.25, 0.3) is 5.91 Å². The minimum atomic E-state index is -3.80. The number of nitrogens with zero attached hydrogens (tertiary/aromatic N) is 1. The number of amides is 1. The van der Waals surface area contributed by atoms with E-state index in [4.69, 9.17) is 9.47 Å². The van der Waals surface area contributed by atoms with E-state index in [-0.39, 0.29) is 35.8 Å². The molecule has 3 atom stereocenters. The number of hydrogen-bond donors (Lipinski definition) is 1. The second-order valence-electron chi connectivity index (χ2n) is 8.18. The summed E-state index contributed by atoms with van der Waals surface area (Å²) >= 11 is 0. The Hall–Kier alpha value is -2.75. The average Bonchev–Trinajstić information content (AvgIpc) is 2.79. The lowest BCUT2D eigenvalue weighted by atomic mass is 10.1. The van der Waals surface area contributed by atoms with E-state index in [1.165, 1.54) is 35.5 Å². The van der Waals surface area contributed by atoms with Gasteiger partial charge in [0.05, 0.1) is 22.7 Å². The number of carbonyl (C=O) groups is 2. The number of benzene rings is 2. The summed E-state index contributed by atoms with van der Waals surface area (Å²) in [5.41, 5.74) is 1.15. The van der Waals surface area contributed by atoms with E-state index in [2.05, 4.69) is 5.32 Å². The molecule has 1 aliphatic rings. The highest BCUT2D eigenvalue weighted by molar-refractivity contribution is 7.89. The van der Waals surface area contributed by atoms with Crippen molar-refractivity contribution in [3.8, 4) is 0 Å². The highest BCUT2D eigenvalue weighted by Crippen LogP contribution is 2.22. The van der Waals surface area contributed by atoms with Gasteiger partial charge in [-0.1, -0.05) is 36.4 Å². The van der Waals surface area contributed by atoms with Gasteiger partial charge in [-0.25, -0.2) is 13.2 Å². The molecule has 178 valence electrons. The Kier molecular flexibility index (Phi) is 8.23. The first-order valence-corrected chi connectivity index (χ1v) is 12.4. The van der Waals surface area contributed by atoms with E-state index in [1.807, 2.05) is 44.2 Å². The number of carbonyl (C=O) groups excluding carboxylic acids is 2. The molecule has 0 aliphatic carbocycles. The number of sulfonamides is 1. The van der Waals surface area contributed by atoms with Crippen LogP contribution in [0.2, 0.25) is 0 Å². The van der Waals surface area contributed by atoms with Gasteiger partial charge in [0.15, 0.2) is 6.10 Å². The van der Waals surface area contributed by atoms with E-state index in [0.29, 0.717) is 13.0 Å². The quantitative estimate of drug-likeness (QED) is 0.590. The van der Waals surface area contributed by atoms with Gasteiger partial charge in [-0.05, 0) is 51.0 Å². The molecule has 0 radical (unpaired) electrons. The Morgan fingerprint density at radius 1 is 1.09 bits per heavy atom. The number of ether oxygens (including phenoxy) is 2. The van der Waals surface area contributed by atoms with Crippen molar-refractivity contribution in [3.63, 3.8) is 0 Å². The molecule has 3 unspecified atom stereocenters. The fourth-order valence-corrected chi connectivity index (χ4v) is 5.30. The predicted molar refractivity (Wildman–Crippen MR) is 123 cm³/mol. The van der Waals surface area contributed by atoms with Crippen molar-refractivity contribution in [2.45, 2.75) is 50.4 Å². The van der Waals surface area contributed by atoms with Gasteiger partial charge in [0.1, 0.15) is 0 Å². The second kappa shape index (κ2) is 10.9. The van der Waals surface area contributed by atoms with E-state index in [0.717, 1.165) is 5.56 Å². The summed E-state index contributed by atoms with van der Waals surface area (Å²) in [6.07, 6.45) is -0.809. The highest BCUT2D eigenvalue weighted by atomic mass is 32.2. The highest BCUT2D eigenvalue weighted by Gasteiger charge is 2.32. The van der Waals surface area contributed by atoms with E-state index in [1.54, 1.807) is 0 Å². The molecular formula is C24H30N2O6S. The molecule has 1 saturated heterocycles. The molecule has 1 amide bonds. The third kappa shape index (κ3) is 6.63. The Morgan fingerprint density at radius 2 is 1.76 bits per heavy atom. The van der Waals surface area contributed by atoms with Crippen molar-refractivity contribution >= 4 is 21.9 Å². The molecule has 0 aromatic heterocycles. The van der Waals surface area contributed by atoms with Crippen LogP contribution in [0, 0.1) is 0 Å². The topological polar surface area (TPSA) is 102 Å². The standard InChI is InChI=1S/C24H30N2O6S/c1-17-15-26(16-18(2)31-17)33(29,30)22-11-7-10-21(14-22)24(28)32-19(3)23(27)25-13-12-20-8-5-4-6-9-20/h4-11,14,17-19H,12-13,15-16H2,1-3H3,(H,25,27). The molecule has 1 fully saturated rings. The molecule has 9 heteroatoms. The Morgan fingerprint density at radius 3 is 2.42 bits per heavy atom. The summed E-state index contributed by atoms with van der Waals surface area (Å²) in [7, 11) is -3.80. The van der Waals surface area contributed by atoms with Crippen LogP contribution >= 0.6 is 0 Å². The maximum atomic E-state index is 13.1. The molecule has 0 bridgehead atoms. The van der Waals surface area contributed by atoms with Crippen molar-refractivity contribution in [1.82, 2.24) is 9.62 Å². The first-order valence-electron chi connectivity index (χ1n) is 10.9. The lowest BCUT2D eigenvalue weighted by Crippen LogP contribution is -2.48. The summed E-state index contributed by atoms with van der Waals surface area (Å²) in [6.45, 7) is 6.00. The van der Waals surface area contributed by atoms with Gasteiger partial charge >= 0.3 is 5.97 Å². The summed E-state index contributed by atoms with van der Waals surface area (Å²) in [4.78, 5) is 24.9. The number of esters is 1. The minimum Gasteiger partial charge on any atom is -0.449 e. The SMILES string of the molecule is CC1CN(S(=O)(=O)c2cccc(C(=O)OC(C)C(=O)NCCc3ccccc3)c2)CC(C)O1. The fraction of sp³-hybridized carbons (Fsp3) is 0.417. The third-order valence-electron chi connectivity index (χ3n) is 5.30. The lowest BCUT2D eigenvalue weighted by Gasteiger charge is -2.34. The van der Waals surface area contributed by atoms with Crippen LogP contribution in [-0.4, -0.2) is 62.5 Å². The molecule has 3 rings (SSSR count). The van der Waals surface area contributed by atoms with Gasteiger partial charge in [0.2, 0.25) is 10.0 Å². The molecular weight excluding hydrogens is 444 g/mol. The van der Waals surface area contributed by atoms with Crippen LogP contribution in [0.15, 0.2) is 59.5 Å². The zero-order valence-electron chi connectivity index (χ0n) is 19.1. The molecule has 1 N–H and O–H groups in total. The van der Waals surface area contributed by atoms with Crippen molar-refractivity contribution < 1.29 is 27.5 Å². The van der Waals surface area contributed by atoms with Crippen LogP contribution in [0.1, 0.15) is 36.7 Å². The van der Waals surface area contributed by atoms with Crippen molar-refractivity contribution in [3.05, 3.63) is 65.7 Å². The van der Waals surface area contributed by atoms with Gasteiger partial charge in [-0.2, -0.15) is 4.31 Å². The Bertz CT molecular complexity index is 1060. The molecule has 1 aliphatic heterocycles. The number of nitrogens with one attached hydrogen (secondary N) is 1. The third-order valence-corrected chi connectivity index (χ3v) is 7.13. The molecule has 8 nitrogen and oxygen atoms in total. The second-order valence-corrected chi connectivity index (χ2v) is 10.1. The van der Waals surface area contributed by atoms with Crippen LogP contribution in [0.5, 0.6) is 0 Å². The van der Waals surface area contributed by atoms with Gasteiger partial charge in [0, 0.05) is 19.6 Å². The van der Waals surface area contributed by atoms with Crippen LogP contribution in [0.25, 0.3) is 0 Å². The number of hydrogen-bond acceptors (Lipinski definition) is 6. The number of rotatable bonds is 8. The molecule has 0 spiro atoms. The first-order chi connectivity index (χ1) is 15.7. The predicted octanol–water partition coefficient (Wildman–Crippen LogP) is 2.39. The molecule has 1 heterocycles.